The number of sulfone groups is 1. The smallest absolute Gasteiger partial charge is 0.305 e. The third-order valence-electron chi connectivity index (χ3n) is 3.63. The van der Waals surface area contributed by atoms with E-state index in [4.69, 9.17) is 10.8 Å². The van der Waals surface area contributed by atoms with Crippen LogP contribution in [0.4, 0.5) is 0 Å². The lowest BCUT2D eigenvalue weighted by molar-refractivity contribution is -0.140. The van der Waals surface area contributed by atoms with E-state index in [9.17, 15) is 18.0 Å². The van der Waals surface area contributed by atoms with Crippen LogP contribution in [0.3, 0.4) is 0 Å². The van der Waals surface area contributed by atoms with Crippen LogP contribution >= 0.6 is 0 Å². The van der Waals surface area contributed by atoms with E-state index in [1.54, 1.807) is 0 Å². The quantitative estimate of drug-likeness (QED) is 0.680. The highest BCUT2D eigenvalue weighted by atomic mass is 32.2. The molecule has 0 bridgehead atoms. The van der Waals surface area contributed by atoms with Gasteiger partial charge in [-0.05, 0) is 12.5 Å². The van der Waals surface area contributed by atoms with E-state index in [0.717, 1.165) is 6.42 Å². The van der Waals surface area contributed by atoms with Gasteiger partial charge in [0.2, 0.25) is 5.91 Å². The topological polar surface area (TPSA) is 118 Å². The highest BCUT2D eigenvalue weighted by molar-refractivity contribution is 7.91. The Labute approximate surface area is 119 Å². The normalized spacial score (nSPS) is 23.3. The number of amides is 1. The molecule has 1 heterocycles. The van der Waals surface area contributed by atoms with Gasteiger partial charge in [-0.1, -0.05) is 13.3 Å². The molecule has 2 unspecified atom stereocenters. The summed E-state index contributed by atoms with van der Waals surface area (Å²) in [4.78, 5) is 24.4. The van der Waals surface area contributed by atoms with E-state index in [0.29, 0.717) is 6.54 Å². The predicted molar refractivity (Wildman–Crippen MR) is 73.9 cm³/mol. The summed E-state index contributed by atoms with van der Waals surface area (Å²) < 4.78 is 23.2. The van der Waals surface area contributed by atoms with Gasteiger partial charge < -0.3 is 15.7 Å². The standard InChI is InChI=1S/C12H22N2O5S/c1-2-9(7-13)5-11(15)14-3-4-20(18,19)8-10(14)6-12(16)17/h9-10H,2-8,13H2,1H3,(H,16,17). The molecule has 116 valence electrons. The van der Waals surface area contributed by atoms with Crippen LogP contribution in [-0.4, -0.2) is 60.9 Å². The van der Waals surface area contributed by atoms with Crippen molar-refractivity contribution < 1.29 is 23.1 Å². The Hall–Kier alpha value is -1.15. The molecule has 3 N–H and O–H groups in total. The first-order chi connectivity index (χ1) is 9.29. The summed E-state index contributed by atoms with van der Waals surface area (Å²) in [7, 11) is -3.27. The zero-order valence-corrected chi connectivity index (χ0v) is 12.4. The lowest BCUT2D eigenvalue weighted by Gasteiger charge is -2.35. The average Bonchev–Trinajstić information content (AvgIpc) is 2.34. The molecule has 1 amide bonds. The van der Waals surface area contributed by atoms with E-state index in [-0.39, 0.29) is 42.7 Å². The van der Waals surface area contributed by atoms with Crippen molar-refractivity contribution in [3.63, 3.8) is 0 Å². The molecule has 7 nitrogen and oxygen atoms in total. The molecule has 2 atom stereocenters. The first kappa shape index (κ1) is 16.9. The van der Waals surface area contributed by atoms with E-state index in [2.05, 4.69) is 0 Å². The number of nitrogens with zero attached hydrogens (tertiary/aromatic N) is 1. The van der Waals surface area contributed by atoms with Gasteiger partial charge in [-0.2, -0.15) is 0 Å². The monoisotopic (exact) mass is 306 g/mol. The summed E-state index contributed by atoms with van der Waals surface area (Å²) in [6.45, 7) is 2.39. The van der Waals surface area contributed by atoms with Gasteiger partial charge in [0.15, 0.2) is 9.84 Å². The van der Waals surface area contributed by atoms with Crippen molar-refractivity contribution in [2.75, 3.05) is 24.6 Å². The van der Waals surface area contributed by atoms with E-state index in [1.165, 1.54) is 4.90 Å². The van der Waals surface area contributed by atoms with Crippen molar-refractivity contribution in [3.8, 4) is 0 Å². The molecule has 0 aromatic carbocycles. The summed E-state index contributed by atoms with van der Waals surface area (Å²) in [6, 6.07) is -0.769. The van der Waals surface area contributed by atoms with Crippen LogP contribution in [0.25, 0.3) is 0 Å². The molecule has 0 radical (unpaired) electrons. The molecule has 1 rings (SSSR count). The second-order valence-corrected chi connectivity index (χ2v) is 7.40. The third kappa shape index (κ3) is 4.75. The minimum Gasteiger partial charge on any atom is -0.481 e. The van der Waals surface area contributed by atoms with Crippen LogP contribution in [0.5, 0.6) is 0 Å². The first-order valence-electron chi connectivity index (χ1n) is 6.70. The van der Waals surface area contributed by atoms with Gasteiger partial charge >= 0.3 is 5.97 Å². The van der Waals surface area contributed by atoms with Crippen LogP contribution in [0.2, 0.25) is 0 Å². The molecule has 1 aliphatic heterocycles. The molecule has 0 aromatic rings. The Morgan fingerprint density at radius 3 is 2.60 bits per heavy atom. The first-order valence-corrected chi connectivity index (χ1v) is 8.53. The van der Waals surface area contributed by atoms with Crippen LogP contribution in [0.1, 0.15) is 26.2 Å². The van der Waals surface area contributed by atoms with Gasteiger partial charge in [0.25, 0.3) is 0 Å². The Bertz CT molecular complexity index is 458. The number of nitrogens with two attached hydrogens (primary N) is 1. The van der Waals surface area contributed by atoms with Crippen molar-refractivity contribution in [2.45, 2.75) is 32.2 Å². The molecule has 20 heavy (non-hydrogen) atoms. The summed E-state index contributed by atoms with van der Waals surface area (Å²) >= 11 is 0. The second kappa shape index (κ2) is 7.03. The highest BCUT2D eigenvalue weighted by Crippen LogP contribution is 2.18. The number of hydrogen-bond donors (Lipinski definition) is 2. The van der Waals surface area contributed by atoms with Gasteiger partial charge in [-0.3, -0.25) is 9.59 Å². The molecular formula is C12H22N2O5S. The lowest BCUT2D eigenvalue weighted by atomic mass is 10.0. The Morgan fingerprint density at radius 2 is 2.10 bits per heavy atom. The number of carbonyl (C=O) groups is 2. The van der Waals surface area contributed by atoms with Gasteiger partial charge in [0.05, 0.1) is 24.0 Å². The molecule has 1 aliphatic rings. The second-order valence-electron chi connectivity index (χ2n) is 5.17. The SMILES string of the molecule is CCC(CN)CC(=O)N1CCS(=O)(=O)CC1CC(=O)O. The zero-order valence-electron chi connectivity index (χ0n) is 11.6. The van der Waals surface area contributed by atoms with Crippen LogP contribution < -0.4 is 5.73 Å². The third-order valence-corrected chi connectivity index (χ3v) is 5.33. The molecule has 0 saturated carbocycles. The van der Waals surface area contributed by atoms with Crippen molar-refractivity contribution in [1.29, 1.82) is 0 Å². The Morgan fingerprint density at radius 1 is 1.45 bits per heavy atom. The molecular weight excluding hydrogens is 284 g/mol. The maximum atomic E-state index is 12.2. The fourth-order valence-electron chi connectivity index (χ4n) is 2.34. The summed E-state index contributed by atoms with van der Waals surface area (Å²) in [5.41, 5.74) is 5.56. The van der Waals surface area contributed by atoms with Crippen molar-refractivity contribution in [1.82, 2.24) is 4.90 Å². The molecule has 0 spiro atoms. The predicted octanol–water partition coefficient (Wildman–Crippen LogP) is -0.538. The van der Waals surface area contributed by atoms with Gasteiger partial charge in [0.1, 0.15) is 0 Å². The summed E-state index contributed by atoms with van der Waals surface area (Å²) in [6.07, 6.45) is 0.658. The van der Waals surface area contributed by atoms with Gasteiger partial charge in [0, 0.05) is 13.0 Å². The Kier molecular flexibility index (Phi) is 5.94. The van der Waals surface area contributed by atoms with Crippen LogP contribution in [0.15, 0.2) is 0 Å². The van der Waals surface area contributed by atoms with Gasteiger partial charge in [-0.25, -0.2) is 8.42 Å². The number of hydrogen-bond acceptors (Lipinski definition) is 5. The molecule has 8 heteroatoms. The van der Waals surface area contributed by atoms with Crippen LogP contribution in [-0.2, 0) is 19.4 Å². The maximum Gasteiger partial charge on any atom is 0.305 e. The van der Waals surface area contributed by atoms with Gasteiger partial charge in [-0.15, -0.1) is 0 Å². The number of rotatable bonds is 6. The number of carbonyl (C=O) groups excluding carboxylic acids is 1. The Balaban J connectivity index is 2.79. The largest absolute Gasteiger partial charge is 0.481 e. The number of carboxylic acids is 1. The molecule has 0 aromatic heterocycles. The fraction of sp³-hybridized carbons (Fsp3) is 0.833. The summed E-state index contributed by atoms with van der Waals surface area (Å²) in [5.74, 6) is -1.63. The van der Waals surface area contributed by atoms with Crippen molar-refractivity contribution in [2.24, 2.45) is 11.7 Å². The highest BCUT2D eigenvalue weighted by Gasteiger charge is 2.35. The molecule has 1 saturated heterocycles. The summed E-state index contributed by atoms with van der Waals surface area (Å²) in [5, 5.41) is 8.86. The minimum atomic E-state index is -3.27. The lowest BCUT2D eigenvalue weighted by Crippen LogP contribution is -2.52. The van der Waals surface area contributed by atoms with E-state index < -0.39 is 21.8 Å². The number of aliphatic carboxylic acids is 1. The molecule has 0 aliphatic carbocycles. The number of carboxylic acid groups (broad SMARTS) is 1. The molecule has 1 fully saturated rings. The van der Waals surface area contributed by atoms with Crippen molar-refractivity contribution >= 4 is 21.7 Å². The fourth-order valence-corrected chi connectivity index (χ4v) is 3.87. The zero-order chi connectivity index (χ0) is 15.3. The van der Waals surface area contributed by atoms with E-state index in [1.807, 2.05) is 6.92 Å². The minimum absolute atomic E-state index is 0.0477. The average molecular weight is 306 g/mol. The van der Waals surface area contributed by atoms with Crippen LogP contribution in [0, 0.1) is 5.92 Å². The van der Waals surface area contributed by atoms with Crippen molar-refractivity contribution in [3.05, 3.63) is 0 Å². The maximum absolute atomic E-state index is 12.2. The van der Waals surface area contributed by atoms with E-state index >= 15 is 0 Å².